The Hall–Kier alpha value is -5.85. The first-order valence-electron chi connectivity index (χ1n) is 24.3. The molecule has 2 fully saturated rings. The first-order valence-corrected chi connectivity index (χ1v) is 25.7. The lowest BCUT2D eigenvalue weighted by Gasteiger charge is -2.32. The lowest BCUT2D eigenvalue weighted by Crippen LogP contribution is -2.60. The van der Waals surface area contributed by atoms with E-state index in [9.17, 15) is 43.5 Å². The van der Waals surface area contributed by atoms with Crippen LogP contribution in [0.1, 0.15) is 98.0 Å². The molecule has 0 spiro atoms. The summed E-state index contributed by atoms with van der Waals surface area (Å²) in [6.07, 6.45) is 4.00. The fourth-order valence-electron chi connectivity index (χ4n) is 8.39. The summed E-state index contributed by atoms with van der Waals surface area (Å²) in [5, 5.41) is 23.6. The predicted octanol–water partition coefficient (Wildman–Crippen LogP) is -1.65. The summed E-state index contributed by atoms with van der Waals surface area (Å²) in [5.74, 6) is -5.99. The van der Waals surface area contributed by atoms with Gasteiger partial charge in [0, 0.05) is 32.0 Å². The van der Waals surface area contributed by atoms with Gasteiger partial charge in [0.25, 0.3) is 0 Å². The van der Waals surface area contributed by atoms with Gasteiger partial charge in [-0.25, -0.2) is 10.9 Å². The molecule has 0 aromatic heterocycles. The van der Waals surface area contributed by atoms with E-state index in [4.69, 9.17) is 22.9 Å². The Bertz CT molecular complexity index is 2030. The minimum Gasteiger partial charge on any atom is -0.508 e. The number of nitrogens with two attached hydrogens (primary N) is 4. The van der Waals surface area contributed by atoms with Gasteiger partial charge in [-0.1, -0.05) is 39.8 Å². The number of carbonyl (C=O) groups excluding carboxylic acids is 8. The summed E-state index contributed by atoms with van der Waals surface area (Å²) in [6.45, 7) is 8.95. The van der Waals surface area contributed by atoms with Crippen molar-refractivity contribution < 1.29 is 43.5 Å². The van der Waals surface area contributed by atoms with Crippen molar-refractivity contribution in [2.75, 3.05) is 38.2 Å². The van der Waals surface area contributed by atoms with Crippen molar-refractivity contribution in [1.82, 2.24) is 42.3 Å². The van der Waals surface area contributed by atoms with Crippen LogP contribution in [-0.4, -0.2) is 155 Å². The molecule has 2 aliphatic rings. The van der Waals surface area contributed by atoms with Gasteiger partial charge >= 0.3 is 0 Å². The van der Waals surface area contributed by atoms with Gasteiger partial charge in [-0.05, 0) is 106 Å². The largest absolute Gasteiger partial charge is 0.508 e. The number of guanidine groups is 2. The number of hydrogen-bond acceptors (Lipinski definition) is 15. The van der Waals surface area contributed by atoms with Crippen molar-refractivity contribution in [2.24, 2.45) is 44.8 Å². The molecule has 5 amide bonds. The molecule has 3 rings (SSSR count). The van der Waals surface area contributed by atoms with Crippen LogP contribution in [-0.2, 0) is 44.8 Å². The molecule has 0 bridgehead atoms. The third kappa shape index (κ3) is 20.4. The molecule has 0 saturated carbocycles. The number of amides is 5. The first-order chi connectivity index (χ1) is 33.6. The van der Waals surface area contributed by atoms with E-state index in [-0.39, 0.29) is 81.0 Å². The number of carbonyl (C=O) groups is 8. The van der Waals surface area contributed by atoms with E-state index in [0.29, 0.717) is 43.5 Å². The first kappa shape index (κ1) is 59.5. The van der Waals surface area contributed by atoms with Gasteiger partial charge in [0.05, 0.1) is 24.7 Å². The molecule has 1 unspecified atom stereocenters. The second kappa shape index (κ2) is 30.1. The van der Waals surface area contributed by atoms with Crippen LogP contribution in [0.4, 0.5) is 0 Å². The van der Waals surface area contributed by atoms with E-state index in [0.717, 1.165) is 0 Å². The molecule has 8 atom stereocenters. The zero-order valence-electron chi connectivity index (χ0n) is 42.0. The maximum absolute atomic E-state index is 14.4. The number of aromatic hydroxyl groups is 1. The van der Waals surface area contributed by atoms with E-state index in [1.165, 1.54) is 12.1 Å². The summed E-state index contributed by atoms with van der Waals surface area (Å²) in [7, 11) is 0. The van der Waals surface area contributed by atoms with Crippen LogP contribution in [0.3, 0.4) is 0 Å². The monoisotopic (exact) mass is 1010 g/mol. The number of Topliss-reactive ketones (excluding diaryl/α,β-unsaturated/α-hetero) is 3. The second-order valence-electron chi connectivity index (χ2n) is 18.9. The average molecular weight is 1020 g/mol. The lowest BCUT2D eigenvalue weighted by atomic mass is 9.98. The molecule has 0 aliphatic carbocycles. The Morgan fingerprint density at radius 3 is 1.90 bits per heavy atom. The minimum atomic E-state index is -1.43. The van der Waals surface area contributed by atoms with Crippen molar-refractivity contribution in [2.45, 2.75) is 147 Å². The van der Waals surface area contributed by atoms with Crippen molar-refractivity contribution in [3.8, 4) is 5.75 Å². The number of rotatable bonds is 16. The number of hydrazine groups is 1. The topological polar surface area (TPSA) is 373 Å². The molecular weight excluding hydrogens is 937 g/mol. The summed E-state index contributed by atoms with van der Waals surface area (Å²) in [6, 6.07) is -2.13. The zero-order chi connectivity index (χ0) is 52.8. The second-order valence-corrected chi connectivity index (χ2v) is 19.9. The summed E-state index contributed by atoms with van der Waals surface area (Å²) in [5.41, 5.74) is 28.7. The van der Waals surface area contributed by atoms with Gasteiger partial charge in [-0.2, -0.15) is 11.8 Å². The number of phenols is 1. The van der Waals surface area contributed by atoms with E-state index >= 15 is 0 Å². The van der Waals surface area contributed by atoms with Crippen LogP contribution in [0, 0.1) is 11.8 Å². The fraction of sp³-hybridized carbons (Fsp3) is 0.660. The number of phenolic OH excluding ortho intramolecular Hbond substituents is 1. The number of hydrogen-bond donors (Lipinski definition) is 12. The number of fused-ring (bicyclic) bond motifs is 1. The quantitative estimate of drug-likeness (QED) is 0.0382. The van der Waals surface area contributed by atoms with Crippen LogP contribution >= 0.6 is 11.8 Å². The molecule has 2 aliphatic heterocycles. The van der Waals surface area contributed by atoms with Crippen LogP contribution < -0.4 is 60.4 Å². The Morgan fingerprint density at radius 2 is 1.31 bits per heavy atom. The fourth-order valence-corrected chi connectivity index (χ4v) is 8.86. The minimum absolute atomic E-state index is 0.0115. The van der Waals surface area contributed by atoms with Gasteiger partial charge < -0.3 is 54.6 Å². The van der Waals surface area contributed by atoms with Crippen LogP contribution in [0.15, 0.2) is 34.3 Å². The Kier molecular flexibility index (Phi) is 25.2. The normalized spacial score (nSPS) is 25.4. The van der Waals surface area contributed by atoms with Gasteiger partial charge in [-0.15, -0.1) is 0 Å². The Balaban J connectivity index is 2.13. The molecule has 2 saturated heterocycles. The molecular formula is C47H78N14O9S. The number of thioether (sulfide) groups is 1. The molecule has 23 nitrogen and oxygen atoms in total. The average Bonchev–Trinajstić information content (AvgIpc) is 3.81. The highest BCUT2D eigenvalue weighted by Gasteiger charge is 2.39. The highest BCUT2D eigenvalue weighted by molar-refractivity contribution is 7.98. The highest BCUT2D eigenvalue weighted by atomic mass is 32.2. The number of nitrogens with one attached hydrogen (secondary N) is 7. The summed E-state index contributed by atoms with van der Waals surface area (Å²) < 4.78 is 0. The SMILES string of the molecule is CSCC[C@@H]1NN[C@@H](CC(C)C)C(=O)NCC(=O)C(=O)[C@H](CCCN=C(N)N)NC(=O)[C@H](C(C)C)NC(=O)[C@H](Cc2ccc(O)cc2)NC(=O)[C@H](CCCN=C(N)N)NC(=O)[C@@H]2CCCN2C(C)CC1=O. The molecule has 396 valence electrons. The molecule has 71 heavy (non-hydrogen) atoms. The molecule has 1 aromatic rings. The Morgan fingerprint density at radius 1 is 0.732 bits per heavy atom. The molecule has 2 heterocycles. The van der Waals surface area contributed by atoms with Crippen molar-refractivity contribution in [3.63, 3.8) is 0 Å². The number of ketones is 3. The molecule has 16 N–H and O–H groups in total. The van der Waals surface area contributed by atoms with Gasteiger partial charge in [0.1, 0.15) is 29.9 Å². The standard InChI is InChI=1S/C47H78N14O9S/c1-26(2)22-35-41(66)54-25-38(64)40(65)32(10-7-18-52-46(48)49)55-45(70)39(27(3)4)58-43(68)34(24-29-13-15-30(62)16-14-29)57-42(67)33(11-8-19-53-47(50)51)56-44(69)36-12-9-20-61(36)28(5)23-37(63)31(59-60-35)17-21-71-6/h13-16,26-28,31-36,39,59-60,62H,7-12,17-25H2,1-6H3,(H,54,66)(H,55,70)(H,56,69)(H,57,67)(H,58,68)(H4,48,49,52)(H4,50,51,53)/t28?,31-,32-,33-,34-,35-,36-,39-/m0/s1. The van der Waals surface area contributed by atoms with E-state index in [1.807, 2.05) is 31.9 Å². The van der Waals surface area contributed by atoms with Crippen molar-refractivity contribution in [1.29, 1.82) is 0 Å². The predicted molar refractivity (Wildman–Crippen MR) is 272 cm³/mol. The Labute approximate surface area is 420 Å². The van der Waals surface area contributed by atoms with Crippen molar-refractivity contribution in [3.05, 3.63) is 29.8 Å². The van der Waals surface area contributed by atoms with E-state index in [1.54, 1.807) is 37.7 Å². The van der Waals surface area contributed by atoms with Crippen LogP contribution in [0.25, 0.3) is 0 Å². The third-order valence-electron chi connectivity index (χ3n) is 12.2. The van der Waals surface area contributed by atoms with E-state index < -0.39 is 102 Å². The molecule has 24 heteroatoms. The number of aliphatic imine (C=N–C) groups is 2. The summed E-state index contributed by atoms with van der Waals surface area (Å²) >= 11 is 1.54. The molecule has 0 radical (unpaired) electrons. The maximum atomic E-state index is 14.4. The van der Waals surface area contributed by atoms with Gasteiger partial charge in [0.2, 0.25) is 41.1 Å². The summed E-state index contributed by atoms with van der Waals surface area (Å²) in [4.78, 5) is 122. The maximum Gasteiger partial charge on any atom is 0.243 e. The third-order valence-corrected chi connectivity index (χ3v) is 12.9. The van der Waals surface area contributed by atoms with E-state index in [2.05, 4.69) is 47.4 Å². The number of benzene rings is 1. The van der Waals surface area contributed by atoms with Crippen LogP contribution in [0.2, 0.25) is 0 Å². The number of nitrogens with zero attached hydrogens (tertiary/aromatic N) is 3. The smallest absolute Gasteiger partial charge is 0.243 e. The van der Waals surface area contributed by atoms with Gasteiger partial charge in [-0.3, -0.25) is 53.2 Å². The molecule has 1 aromatic carbocycles. The highest BCUT2D eigenvalue weighted by Crippen LogP contribution is 2.23. The zero-order valence-corrected chi connectivity index (χ0v) is 42.8. The van der Waals surface area contributed by atoms with Crippen LogP contribution in [0.5, 0.6) is 5.75 Å². The van der Waals surface area contributed by atoms with Crippen molar-refractivity contribution >= 4 is 70.6 Å². The lowest BCUT2D eigenvalue weighted by molar-refractivity contribution is -0.140. The van der Waals surface area contributed by atoms with Gasteiger partial charge in [0.15, 0.2) is 17.7 Å².